The van der Waals surface area contributed by atoms with E-state index >= 15 is 0 Å². The number of benzene rings is 8. The lowest BCUT2D eigenvalue weighted by Crippen LogP contribution is -1.94. The molecule has 12 rings (SSSR count). The molecule has 0 radical (unpaired) electrons. The van der Waals surface area contributed by atoms with Gasteiger partial charge in [0.15, 0.2) is 0 Å². The lowest BCUT2D eigenvalue weighted by Gasteiger charge is -2.19. The third-order valence-electron chi connectivity index (χ3n) is 11.3. The van der Waals surface area contributed by atoms with Gasteiger partial charge in [0.25, 0.3) is 0 Å². The molecule has 8 aromatic carbocycles. The van der Waals surface area contributed by atoms with Crippen LogP contribution in [0.1, 0.15) is 0 Å². The summed E-state index contributed by atoms with van der Waals surface area (Å²) in [7, 11) is 0. The predicted octanol–water partition coefficient (Wildman–Crippen LogP) is 13.7. The Bertz CT molecular complexity index is 3510. The first kappa shape index (κ1) is 30.1. The molecule has 0 aliphatic carbocycles. The summed E-state index contributed by atoms with van der Waals surface area (Å²) in [4.78, 5) is 14.9. The van der Waals surface area contributed by atoms with E-state index < -0.39 is 0 Å². The molecular formula is C51H29N3O. The average molecular weight is 700 g/mol. The van der Waals surface area contributed by atoms with Gasteiger partial charge in [-0.05, 0) is 80.2 Å². The van der Waals surface area contributed by atoms with Crippen molar-refractivity contribution in [3.8, 4) is 33.5 Å². The number of pyridine rings is 3. The summed E-state index contributed by atoms with van der Waals surface area (Å²) in [5.41, 5.74) is 11.2. The van der Waals surface area contributed by atoms with Crippen LogP contribution in [0.3, 0.4) is 0 Å². The molecule has 0 saturated heterocycles. The molecule has 0 atom stereocenters. The van der Waals surface area contributed by atoms with Gasteiger partial charge in [0.1, 0.15) is 11.2 Å². The van der Waals surface area contributed by atoms with Crippen molar-refractivity contribution in [3.63, 3.8) is 0 Å². The third-order valence-corrected chi connectivity index (χ3v) is 11.3. The fraction of sp³-hybridized carbons (Fsp3) is 0. The van der Waals surface area contributed by atoms with Crippen LogP contribution in [0.15, 0.2) is 181 Å². The number of fused-ring (bicyclic) bond motifs is 12. The molecule has 0 unspecified atom stereocenters. The zero-order valence-electron chi connectivity index (χ0n) is 29.5. The van der Waals surface area contributed by atoms with E-state index in [1.54, 1.807) is 0 Å². The zero-order valence-corrected chi connectivity index (χ0v) is 29.5. The summed E-state index contributed by atoms with van der Waals surface area (Å²) in [6.07, 6.45) is 3.77. The van der Waals surface area contributed by atoms with Crippen molar-refractivity contribution in [3.05, 3.63) is 176 Å². The highest BCUT2D eigenvalue weighted by molar-refractivity contribution is 6.26. The summed E-state index contributed by atoms with van der Waals surface area (Å²) in [5.74, 6) is 0. The Morgan fingerprint density at radius 3 is 1.87 bits per heavy atom. The molecule has 4 aromatic heterocycles. The molecule has 0 aliphatic rings. The monoisotopic (exact) mass is 699 g/mol. The minimum absolute atomic E-state index is 0.890. The summed E-state index contributed by atoms with van der Waals surface area (Å²) in [5, 5.41) is 12.4. The molecule has 0 fully saturated rings. The fourth-order valence-electron chi connectivity index (χ4n) is 8.96. The minimum atomic E-state index is 0.890. The maximum atomic E-state index is 6.61. The Morgan fingerprint density at radius 2 is 1.05 bits per heavy atom. The number of rotatable bonds is 3. The number of para-hydroxylation sites is 2. The van der Waals surface area contributed by atoms with E-state index in [9.17, 15) is 0 Å². The van der Waals surface area contributed by atoms with Gasteiger partial charge in [-0.25, -0.2) is 4.98 Å². The zero-order chi connectivity index (χ0) is 36.0. The van der Waals surface area contributed by atoms with E-state index in [2.05, 4.69) is 146 Å². The standard InChI is InChI=1S/C51H29N3O/c1-3-17-36-34(15-1)45(35-16-2-4-18-37(35)46(36)38-26-28-53-50-39(38)23-22-30-13-10-27-52-49(30)50)31-11-9-12-32(29-31)48-42-25-24-40-33-14-6-8-21-44(33)55-51(40)47(42)41-19-5-7-20-43(41)54-48/h1-29H. The number of hydrogen-bond donors (Lipinski definition) is 0. The van der Waals surface area contributed by atoms with Crippen LogP contribution in [0.4, 0.5) is 0 Å². The van der Waals surface area contributed by atoms with Gasteiger partial charge < -0.3 is 4.42 Å². The van der Waals surface area contributed by atoms with E-state index in [0.29, 0.717) is 0 Å². The van der Waals surface area contributed by atoms with Gasteiger partial charge in [0.2, 0.25) is 0 Å². The predicted molar refractivity (Wildman–Crippen MR) is 228 cm³/mol. The van der Waals surface area contributed by atoms with Crippen molar-refractivity contribution >= 4 is 87.0 Å². The molecule has 0 saturated carbocycles. The molecule has 12 aromatic rings. The number of nitrogens with zero attached hydrogens (tertiary/aromatic N) is 3. The normalized spacial score (nSPS) is 12.0. The molecule has 4 heteroatoms. The van der Waals surface area contributed by atoms with E-state index in [1.165, 1.54) is 32.7 Å². The van der Waals surface area contributed by atoms with Crippen molar-refractivity contribution in [2.24, 2.45) is 0 Å². The maximum absolute atomic E-state index is 6.61. The van der Waals surface area contributed by atoms with Gasteiger partial charge >= 0.3 is 0 Å². The van der Waals surface area contributed by atoms with Crippen LogP contribution >= 0.6 is 0 Å². The molecule has 0 N–H and O–H groups in total. The van der Waals surface area contributed by atoms with Gasteiger partial charge in [-0.1, -0.05) is 127 Å². The molecule has 0 bridgehead atoms. The van der Waals surface area contributed by atoms with Crippen LogP contribution in [0.2, 0.25) is 0 Å². The van der Waals surface area contributed by atoms with Crippen molar-refractivity contribution in [2.45, 2.75) is 0 Å². The van der Waals surface area contributed by atoms with Crippen LogP contribution in [0, 0.1) is 0 Å². The van der Waals surface area contributed by atoms with Crippen LogP contribution in [-0.4, -0.2) is 15.0 Å². The van der Waals surface area contributed by atoms with Crippen LogP contribution < -0.4 is 0 Å². The van der Waals surface area contributed by atoms with E-state index in [0.717, 1.165) is 87.8 Å². The second-order valence-electron chi connectivity index (χ2n) is 14.3. The highest BCUT2D eigenvalue weighted by Gasteiger charge is 2.21. The number of hydrogen-bond acceptors (Lipinski definition) is 4. The maximum Gasteiger partial charge on any atom is 0.144 e. The minimum Gasteiger partial charge on any atom is -0.455 e. The first-order chi connectivity index (χ1) is 27.3. The number of aromatic nitrogens is 3. The molecule has 55 heavy (non-hydrogen) atoms. The van der Waals surface area contributed by atoms with E-state index in [1.807, 2.05) is 30.6 Å². The van der Waals surface area contributed by atoms with Crippen molar-refractivity contribution < 1.29 is 4.42 Å². The van der Waals surface area contributed by atoms with E-state index in [-0.39, 0.29) is 0 Å². The van der Waals surface area contributed by atoms with Gasteiger partial charge in [-0.15, -0.1) is 0 Å². The lowest BCUT2D eigenvalue weighted by atomic mass is 9.84. The Morgan fingerprint density at radius 1 is 0.400 bits per heavy atom. The highest BCUT2D eigenvalue weighted by atomic mass is 16.3. The quantitative estimate of drug-likeness (QED) is 0.136. The van der Waals surface area contributed by atoms with Crippen molar-refractivity contribution in [2.75, 3.05) is 0 Å². The number of furan rings is 1. The summed E-state index contributed by atoms with van der Waals surface area (Å²) in [6.45, 7) is 0. The van der Waals surface area contributed by atoms with Crippen molar-refractivity contribution in [1.82, 2.24) is 15.0 Å². The molecule has 254 valence electrons. The molecule has 0 aliphatic heterocycles. The second kappa shape index (κ2) is 11.5. The van der Waals surface area contributed by atoms with Gasteiger partial charge in [-0.2, -0.15) is 0 Å². The summed E-state index contributed by atoms with van der Waals surface area (Å²) >= 11 is 0. The lowest BCUT2D eigenvalue weighted by molar-refractivity contribution is 0.673. The van der Waals surface area contributed by atoms with Crippen LogP contribution in [-0.2, 0) is 0 Å². The van der Waals surface area contributed by atoms with E-state index in [4.69, 9.17) is 19.4 Å². The first-order valence-corrected chi connectivity index (χ1v) is 18.6. The Kier molecular flexibility index (Phi) is 6.31. The SMILES string of the molecule is c1cc(-c2c3ccccc3c(-c3ccnc4c3ccc3cccnc34)c3ccccc23)cc(-c2nc3ccccc3c3c2ccc2c4ccccc4oc23)c1. The molecule has 4 nitrogen and oxygen atoms in total. The highest BCUT2D eigenvalue weighted by Crippen LogP contribution is 2.47. The molecular weight excluding hydrogens is 671 g/mol. The Balaban J connectivity index is 1.13. The average Bonchev–Trinajstić information content (AvgIpc) is 3.64. The smallest absolute Gasteiger partial charge is 0.144 e. The molecule has 0 amide bonds. The van der Waals surface area contributed by atoms with Crippen LogP contribution in [0.5, 0.6) is 0 Å². The van der Waals surface area contributed by atoms with Crippen molar-refractivity contribution in [1.29, 1.82) is 0 Å². The Hall–Kier alpha value is -7.43. The largest absolute Gasteiger partial charge is 0.455 e. The second-order valence-corrected chi connectivity index (χ2v) is 14.3. The van der Waals surface area contributed by atoms with Gasteiger partial charge in [-0.3, -0.25) is 9.97 Å². The summed E-state index contributed by atoms with van der Waals surface area (Å²) < 4.78 is 6.61. The van der Waals surface area contributed by atoms with Gasteiger partial charge in [0.05, 0.1) is 22.2 Å². The topological polar surface area (TPSA) is 51.8 Å². The fourth-order valence-corrected chi connectivity index (χ4v) is 8.96. The third kappa shape index (κ3) is 4.37. The Labute approximate surface area is 315 Å². The van der Waals surface area contributed by atoms with Gasteiger partial charge in [0, 0.05) is 55.7 Å². The molecule has 0 spiro atoms. The molecule has 4 heterocycles. The van der Waals surface area contributed by atoms with Crippen LogP contribution in [0.25, 0.3) is 120 Å². The first-order valence-electron chi connectivity index (χ1n) is 18.6. The summed E-state index contributed by atoms with van der Waals surface area (Å²) in [6, 6.07) is 58.2.